The number of halogens is 2. The highest BCUT2D eigenvalue weighted by Gasteiger charge is 2.20. The molecule has 6 aromatic rings. The Hall–Kier alpha value is -5.14. The number of rotatable bonds is 12. The summed E-state index contributed by atoms with van der Waals surface area (Å²) in [4.78, 5) is 36.7. The van der Waals surface area contributed by atoms with Crippen LogP contribution in [0.1, 0.15) is 15.9 Å². The lowest BCUT2D eigenvalue weighted by atomic mass is 10.2. The molecule has 13 heteroatoms. The van der Waals surface area contributed by atoms with Gasteiger partial charge >= 0.3 is 0 Å². The molecule has 4 aromatic heterocycles. The third-order valence-corrected chi connectivity index (χ3v) is 8.37. The molecule has 0 aliphatic rings. The van der Waals surface area contributed by atoms with Crippen molar-refractivity contribution in [2.24, 2.45) is 0 Å². The quantitative estimate of drug-likeness (QED) is 0.134. The summed E-state index contributed by atoms with van der Waals surface area (Å²) in [6.45, 7) is 2.13. The Morgan fingerprint density at radius 3 is 2.46 bits per heavy atom. The van der Waals surface area contributed by atoms with Gasteiger partial charge in [0, 0.05) is 56.2 Å². The molecule has 0 unspecified atom stereocenters. The van der Waals surface area contributed by atoms with Gasteiger partial charge in [-0.05, 0) is 72.3 Å². The van der Waals surface area contributed by atoms with Crippen LogP contribution in [0.2, 0.25) is 0 Å². The van der Waals surface area contributed by atoms with Crippen molar-refractivity contribution in [3.63, 3.8) is 0 Å². The van der Waals surface area contributed by atoms with Crippen LogP contribution in [0.4, 0.5) is 10.1 Å². The van der Waals surface area contributed by atoms with Crippen LogP contribution < -0.4 is 25.7 Å². The van der Waals surface area contributed by atoms with Crippen LogP contribution in [-0.2, 0) is 11.3 Å². The fraction of sp³-hybridized carbons (Fsp3) is 0.143. The van der Waals surface area contributed by atoms with Crippen LogP contribution in [0.25, 0.3) is 26.5 Å². The smallest absolute Gasteiger partial charge is 0.271 e. The van der Waals surface area contributed by atoms with E-state index in [9.17, 15) is 14.0 Å². The van der Waals surface area contributed by atoms with Gasteiger partial charge in [-0.15, -0.1) is 23.7 Å². The average Bonchev–Trinajstić information content (AvgIpc) is 3.54. The molecule has 0 spiro atoms. The van der Waals surface area contributed by atoms with Crippen molar-refractivity contribution in [1.82, 2.24) is 19.9 Å². The Balaban J connectivity index is 0.00000451. The van der Waals surface area contributed by atoms with Gasteiger partial charge < -0.3 is 24.8 Å². The van der Waals surface area contributed by atoms with Gasteiger partial charge in [0.15, 0.2) is 0 Å². The maximum Gasteiger partial charge on any atom is 0.271 e. The molecule has 48 heavy (non-hydrogen) atoms. The second kappa shape index (κ2) is 15.6. The van der Waals surface area contributed by atoms with Gasteiger partial charge in [0.1, 0.15) is 28.6 Å². The van der Waals surface area contributed by atoms with E-state index in [0.29, 0.717) is 36.0 Å². The Kier molecular flexibility index (Phi) is 11.1. The lowest BCUT2D eigenvalue weighted by molar-refractivity contribution is 0.102. The number of carbonyl (C=O) groups is 1. The Morgan fingerprint density at radius 1 is 0.958 bits per heavy atom. The number of carbonyl (C=O) groups excluding carboxylic acids is 1. The van der Waals surface area contributed by atoms with E-state index in [1.165, 1.54) is 59.5 Å². The summed E-state index contributed by atoms with van der Waals surface area (Å²) in [6.07, 6.45) is 5.03. The molecule has 2 aromatic carbocycles. The van der Waals surface area contributed by atoms with Crippen molar-refractivity contribution < 1.29 is 23.4 Å². The lowest BCUT2D eigenvalue weighted by Crippen LogP contribution is -2.28. The van der Waals surface area contributed by atoms with E-state index in [0.717, 1.165) is 32.9 Å². The Bertz CT molecular complexity index is 2070. The molecule has 10 nitrogen and oxygen atoms in total. The van der Waals surface area contributed by atoms with Crippen LogP contribution in [0.5, 0.6) is 17.2 Å². The lowest BCUT2D eigenvalue weighted by Gasteiger charge is -2.13. The Morgan fingerprint density at radius 2 is 1.75 bits per heavy atom. The number of nitrogens with one attached hydrogen (secondary N) is 2. The fourth-order valence-electron chi connectivity index (χ4n) is 4.83. The zero-order valence-corrected chi connectivity index (χ0v) is 27.6. The predicted octanol–water partition coefficient (Wildman–Crippen LogP) is 6.86. The minimum absolute atomic E-state index is 0. The van der Waals surface area contributed by atoms with Gasteiger partial charge in [0.2, 0.25) is 0 Å². The van der Waals surface area contributed by atoms with Crippen molar-refractivity contribution in [2.75, 3.05) is 32.7 Å². The first kappa shape index (κ1) is 34.2. The number of aromatic nitrogens is 3. The molecule has 0 saturated heterocycles. The average molecular weight is 688 g/mol. The summed E-state index contributed by atoms with van der Waals surface area (Å²) in [5, 5.41) is 6.06. The molecular formula is C35H31ClFN5O5S. The van der Waals surface area contributed by atoms with Gasteiger partial charge in [-0.1, -0.05) is 6.07 Å². The summed E-state index contributed by atoms with van der Waals surface area (Å²) in [6, 6.07) is 21.5. The molecule has 0 saturated carbocycles. The number of amides is 1. The molecular weight excluding hydrogens is 657 g/mol. The highest BCUT2D eigenvalue weighted by Crippen LogP contribution is 2.38. The van der Waals surface area contributed by atoms with E-state index in [1.54, 1.807) is 43.6 Å². The van der Waals surface area contributed by atoms with E-state index in [2.05, 4.69) is 20.6 Å². The number of anilines is 1. The third kappa shape index (κ3) is 7.69. The minimum Gasteiger partial charge on any atom is -0.496 e. The van der Waals surface area contributed by atoms with E-state index in [4.69, 9.17) is 14.2 Å². The second-order valence-electron chi connectivity index (χ2n) is 10.3. The molecule has 0 bridgehead atoms. The number of ether oxygens (including phenoxy) is 3. The highest BCUT2D eigenvalue weighted by molar-refractivity contribution is 7.22. The molecule has 0 radical (unpaired) electrons. The molecule has 1 amide bonds. The third-order valence-electron chi connectivity index (χ3n) is 7.21. The molecule has 246 valence electrons. The number of thiophene rings is 1. The van der Waals surface area contributed by atoms with Crippen molar-refractivity contribution >= 4 is 45.6 Å². The topological polar surface area (TPSA) is 117 Å². The summed E-state index contributed by atoms with van der Waals surface area (Å²) >= 11 is 1.54. The van der Waals surface area contributed by atoms with Crippen LogP contribution in [0.15, 0.2) is 102 Å². The molecule has 4 heterocycles. The maximum absolute atomic E-state index is 13.4. The normalized spacial score (nSPS) is 10.8. The van der Waals surface area contributed by atoms with Gasteiger partial charge in [0.25, 0.3) is 11.5 Å². The van der Waals surface area contributed by atoms with E-state index in [-0.39, 0.29) is 23.7 Å². The van der Waals surface area contributed by atoms with E-state index in [1.807, 2.05) is 24.4 Å². The van der Waals surface area contributed by atoms with Crippen molar-refractivity contribution in [3.05, 3.63) is 125 Å². The number of pyridine rings is 3. The standard InChI is InChI=1S/C35H30FN5O5S.ClH/c1-44-18-16-37-20-22-3-12-27(39-21-22)31-19-28-33(47-31)30(13-15-38-28)46-26-10-6-24(7-11-26)40-34(42)32-29(45-2)14-17-41(35(32)43)25-8-4-23(36)5-9-25;/h3-15,17,19,21,37H,16,18,20H2,1-2H3,(H,40,42);1H. The van der Waals surface area contributed by atoms with E-state index < -0.39 is 17.3 Å². The van der Waals surface area contributed by atoms with Crippen LogP contribution in [0, 0.1) is 5.82 Å². The molecule has 6 rings (SSSR count). The minimum atomic E-state index is -0.650. The van der Waals surface area contributed by atoms with Crippen molar-refractivity contribution in [1.29, 1.82) is 0 Å². The zero-order valence-electron chi connectivity index (χ0n) is 25.9. The number of hydrogen-bond donors (Lipinski definition) is 2. The first-order valence-electron chi connectivity index (χ1n) is 14.6. The summed E-state index contributed by atoms with van der Waals surface area (Å²) in [5.41, 5.74) is 2.79. The van der Waals surface area contributed by atoms with Crippen molar-refractivity contribution in [3.8, 4) is 33.5 Å². The molecule has 0 atom stereocenters. The molecule has 0 fully saturated rings. The number of hydrogen-bond acceptors (Lipinski definition) is 9. The zero-order chi connectivity index (χ0) is 32.8. The van der Waals surface area contributed by atoms with E-state index >= 15 is 0 Å². The SMILES string of the molecule is COCCNCc1ccc(-c2cc3nccc(Oc4ccc(NC(=O)c5c(OC)ccn(-c6ccc(F)cc6)c5=O)cc4)c3s2)nc1.Cl. The van der Waals surface area contributed by atoms with Gasteiger partial charge in [-0.2, -0.15) is 0 Å². The van der Waals surface area contributed by atoms with Gasteiger partial charge in [-0.3, -0.25) is 24.1 Å². The predicted molar refractivity (Wildman–Crippen MR) is 187 cm³/mol. The van der Waals surface area contributed by atoms with Crippen molar-refractivity contribution in [2.45, 2.75) is 6.54 Å². The number of fused-ring (bicyclic) bond motifs is 1. The number of benzene rings is 2. The Labute approximate surface area is 285 Å². The number of methoxy groups -OCH3 is 2. The fourth-order valence-corrected chi connectivity index (χ4v) is 5.88. The van der Waals surface area contributed by atoms with Crippen LogP contribution in [-0.4, -0.2) is 47.8 Å². The van der Waals surface area contributed by atoms with Crippen LogP contribution in [0.3, 0.4) is 0 Å². The molecule has 0 aliphatic heterocycles. The summed E-state index contributed by atoms with van der Waals surface area (Å²) in [7, 11) is 3.06. The summed E-state index contributed by atoms with van der Waals surface area (Å²) < 4.78 is 32.1. The maximum atomic E-state index is 13.4. The van der Waals surface area contributed by atoms with Gasteiger partial charge in [-0.25, -0.2) is 4.39 Å². The molecule has 2 N–H and O–H groups in total. The monoisotopic (exact) mass is 687 g/mol. The largest absolute Gasteiger partial charge is 0.496 e. The summed E-state index contributed by atoms with van der Waals surface area (Å²) in [5.74, 6) is 0.213. The second-order valence-corrected chi connectivity index (χ2v) is 11.4. The molecule has 0 aliphatic carbocycles. The van der Waals surface area contributed by atoms with Gasteiger partial charge in [0.05, 0.1) is 34.5 Å². The first-order chi connectivity index (χ1) is 22.9. The first-order valence-corrected chi connectivity index (χ1v) is 15.4. The highest BCUT2D eigenvalue weighted by atomic mass is 35.5. The van der Waals surface area contributed by atoms with Crippen LogP contribution >= 0.6 is 23.7 Å². The number of nitrogens with zero attached hydrogens (tertiary/aromatic N) is 3.